The van der Waals surface area contributed by atoms with E-state index in [2.05, 4.69) is 32.8 Å². The maximum Gasteiger partial charge on any atom is 0.222 e. The van der Waals surface area contributed by atoms with Gasteiger partial charge in [-0.15, -0.1) is 11.3 Å². The molecule has 3 N–H and O–H groups in total. The molecule has 0 aliphatic heterocycles. The summed E-state index contributed by atoms with van der Waals surface area (Å²) < 4.78 is 0. The molecule has 0 aliphatic carbocycles. The van der Waals surface area contributed by atoms with Crippen LogP contribution in [0.5, 0.6) is 0 Å². The Morgan fingerprint density at radius 3 is 3.00 bits per heavy atom. The van der Waals surface area contributed by atoms with E-state index >= 15 is 0 Å². The predicted molar refractivity (Wildman–Crippen MR) is 67.7 cm³/mol. The number of aryl methyl sites for hydroxylation is 1. The van der Waals surface area contributed by atoms with Crippen molar-refractivity contribution in [2.45, 2.75) is 13.3 Å². The molecule has 0 aromatic carbocycles. The molecule has 0 amide bonds. The van der Waals surface area contributed by atoms with E-state index in [4.69, 9.17) is 5.73 Å². The van der Waals surface area contributed by atoms with Gasteiger partial charge in [-0.1, -0.05) is 6.07 Å². The van der Waals surface area contributed by atoms with Gasteiger partial charge in [0.05, 0.1) is 0 Å². The second-order valence-corrected chi connectivity index (χ2v) is 4.54. The first kappa shape index (κ1) is 10.9. The topological polar surface area (TPSA) is 63.8 Å². The fraction of sp³-hybridized carbons (Fsp3) is 0.273. The van der Waals surface area contributed by atoms with E-state index in [1.807, 2.05) is 13.0 Å². The third kappa shape index (κ3) is 2.93. The van der Waals surface area contributed by atoms with Crippen molar-refractivity contribution in [3.63, 3.8) is 0 Å². The van der Waals surface area contributed by atoms with Crippen molar-refractivity contribution in [1.29, 1.82) is 0 Å². The van der Waals surface area contributed by atoms with Crippen LogP contribution in [0.15, 0.2) is 23.6 Å². The van der Waals surface area contributed by atoms with Crippen LogP contribution in [-0.4, -0.2) is 16.5 Å². The van der Waals surface area contributed by atoms with Crippen molar-refractivity contribution in [3.05, 3.63) is 34.2 Å². The maximum atomic E-state index is 5.57. The largest absolute Gasteiger partial charge is 0.370 e. The zero-order valence-corrected chi connectivity index (χ0v) is 9.92. The highest BCUT2D eigenvalue weighted by Gasteiger charge is 1.99. The van der Waals surface area contributed by atoms with E-state index in [1.54, 1.807) is 11.3 Å². The van der Waals surface area contributed by atoms with Crippen LogP contribution in [0.1, 0.15) is 10.6 Å². The van der Waals surface area contributed by atoms with Gasteiger partial charge in [-0.3, -0.25) is 0 Å². The molecule has 0 fully saturated rings. The third-order valence-corrected chi connectivity index (χ3v) is 3.07. The standard InChI is InChI=1S/C11H14N4S/c1-8-7-10(15-11(12)14-8)13-5-4-9-3-2-6-16-9/h2-3,6-7H,4-5H2,1H3,(H3,12,13,14,15). The first-order valence-corrected chi connectivity index (χ1v) is 5.99. The van der Waals surface area contributed by atoms with Crippen molar-refractivity contribution in [2.75, 3.05) is 17.6 Å². The fourth-order valence-electron chi connectivity index (χ4n) is 1.45. The van der Waals surface area contributed by atoms with Crippen molar-refractivity contribution < 1.29 is 0 Å². The minimum atomic E-state index is 0.318. The summed E-state index contributed by atoms with van der Waals surface area (Å²) in [7, 11) is 0. The van der Waals surface area contributed by atoms with Gasteiger partial charge in [-0.25, -0.2) is 4.98 Å². The SMILES string of the molecule is Cc1cc(NCCc2cccs2)nc(N)n1. The number of hydrogen-bond donors (Lipinski definition) is 2. The van der Waals surface area contributed by atoms with Crippen LogP contribution in [0.25, 0.3) is 0 Å². The average Bonchev–Trinajstić information content (AvgIpc) is 2.69. The van der Waals surface area contributed by atoms with Gasteiger partial charge < -0.3 is 11.1 Å². The number of nitrogens with zero attached hydrogens (tertiary/aromatic N) is 2. The Balaban J connectivity index is 1.89. The van der Waals surface area contributed by atoms with E-state index < -0.39 is 0 Å². The summed E-state index contributed by atoms with van der Waals surface area (Å²) in [4.78, 5) is 9.50. The van der Waals surface area contributed by atoms with Gasteiger partial charge in [0.1, 0.15) is 5.82 Å². The van der Waals surface area contributed by atoms with Crippen LogP contribution in [0.4, 0.5) is 11.8 Å². The molecule has 4 nitrogen and oxygen atoms in total. The summed E-state index contributed by atoms with van der Waals surface area (Å²) in [6.07, 6.45) is 1.00. The third-order valence-electron chi connectivity index (χ3n) is 2.13. The highest BCUT2D eigenvalue weighted by Crippen LogP contribution is 2.10. The van der Waals surface area contributed by atoms with E-state index in [9.17, 15) is 0 Å². The number of anilines is 2. The molecular weight excluding hydrogens is 220 g/mol. The lowest BCUT2D eigenvalue weighted by molar-refractivity contribution is 1.01. The highest BCUT2D eigenvalue weighted by molar-refractivity contribution is 7.09. The van der Waals surface area contributed by atoms with Crippen LogP contribution < -0.4 is 11.1 Å². The zero-order chi connectivity index (χ0) is 11.4. The molecule has 2 heterocycles. The molecule has 0 saturated heterocycles. The highest BCUT2D eigenvalue weighted by atomic mass is 32.1. The molecule has 2 rings (SSSR count). The molecule has 84 valence electrons. The number of aromatic nitrogens is 2. The molecule has 5 heteroatoms. The Kier molecular flexibility index (Phi) is 3.36. The Bertz CT molecular complexity index is 433. The Hall–Kier alpha value is -1.62. The van der Waals surface area contributed by atoms with Crippen LogP contribution in [0.2, 0.25) is 0 Å². The average molecular weight is 234 g/mol. The van der Waals surface area contributed by atoms with Gasteiger partial charge in [0.15, 0.2) is 0 Å². The minimum absolute atomic E-state index is 0.318. The molecule has 2 aromatic heterocycles. The molecule has 0 bridgehead atoms. The predicted octanol–water partition coefficient (Wildman–Crippen LogP) is 2.08. The summed E-state index contributed by atoms with van der Waals surface area (Å²) >= 11 is 1.77. The number of thiophene rings is 1. The van der Waals surface area contributed by atoms with Crippen LogP contribution in [0.3, 0.4) is 0 Å². The summed E-state index contributed by atoms with van der Waals surface area (Å²) in [6.45, 7) is 2.76. The number of nitrogens with two attached hydrogens (primary N) is 1. The molecule has 0 radical (unpaired) electrons. The normalized spacial score (nSPS) is 10.3. The number of hydrogen-bond acceptors (Lipinski definition) is 5. The van der Waals surface area contributed by atoms with Gasteiger partial charge in [0.25, 0.3) is 0 Å². The fourth-order valence-corrected chi connectivity index (χ4v) is 2.16. The first-order chi connectivity index (χ1) is 7.74. The van der Waals surface area contributed by atoms with Gasteiger partial charge in [0, 0.05) is 23.2 Å². The quantitative estimate of drug-likeness (QED) is 0.850. The second-order valence-electron chi connectivity index (χ2n) is 3.51. The lowest BCUT2D eigenvalue weighted by Crippen LogP contribution is -2.08. The van der Waals surface area contributed by atoms with Gasteiger partial charge in [-0.2, -0.15) is 4.98 Å². The van der Waals surface area contributed by atoms with Crippen molar-refractivity contribution in [3.8, 4) is 0 Å². The Morgan fingerprint density at radius 1 is 1.44 bits per heavy atom. The van der Waals surface area contributed by atoms with E-state index in [0.29, 0.717) is 5.95 Å². The Morgan fingerprint density at radius 2 is 2.31 bits per heavy atom. The van der Waals surface area contributed by atoms with E-state index in [0.717, 1.165) is 24.5 Å². The number of rotatable bonds is 4. The summed E-state index contributed by atoms with van der Waals surface area (Å²) in [6, 6.07) is 6.09. The van der Waals surface area contributed by atoms with Gasteiger partial charge in [-0.05, 0) is 24.8 Å². The minimum Gasteiger partial charge on any atom is -0.370 e. The molecule has 0 atom stereocenters. The maximum absolute atomic E-state index is 5.57. The van der Waals surface area contributed by atoms with Crippen LogP contribution in [0, 0.1) is 6.92 Å². The lowest BCUT2D eigenvalue weighted by Gasteiger charge is -2.05. The molecule has 0 spiro atoms. The summed E-state index contributed by atoms with van der Waals surface area (Å²) in [5, 5.41) is 5.33. The molecular formula is C11H14N4S. The van der Waals surface area contributed by atoms with E-state index in [1.165, 1.54) is 4.88 Å². The molecule has 16 heavy (non-hydrogen) atoms. The van der Waals surface area contributed by atoms with Crippen molar-refractivity contribution in [2.24, 2.45) is 0 Å². The lowest BCUT2D eigenvalue weighted by atomic mass is 10.3. The van der Waals surface area contributed by atoms with E-state index in [-0.39, 0.29) is 0 Å². The first-order valence-electron chi connectivity index (χ1n) is 5.11. The summed E-state index contributed by atoms with van der Waals surface area (Å²) in [5.41, 5.74) is 6.45. The van der Waals surface area contributed by atoms with Crippen molar-refractivity contribution in [1.82, 2.24) is 9.97 Å². The van der Waals surface area contributed by atoms with Gasteiger partial charge >= 0.3 is 0 Å². The van der Waals surface area contributed by atoms with Crippen LogP contribution in [-0.2, 0) is 6.42 Å². The number of nitrogen functional groups attached to an aromatic ring is 1. The molecule has 0 saturated carbocycles. The number of nitrogens with one attached hydrogen (secondary N) is 1. The second kappa shape index (κ2) is 4.94. The molecule has 0 aliphatic rings. The molecule has 0 unspecified atom stereocenters. The smallest absolute Gasteiger partial charge is 0.222 e. The zero-order valence-electron chi connectivity index (χ0n) is 9.10. The monoisotopic (exact) mass is 234 g/mol. The molecule has 2 aromatic rings. The van der Waals surface area contributed by atoms with Gasteiger partial charge in [0.2, 0.25) is 5.95 Å². The Labute approximate surface area is 98.6 Å². The van der Waals surface area contributed by atoms with Crippen molar-refractivity contribution >= 4 is 23.1 Å². The summed E-state index contributed by atoms with van der Waals surface area (Å²) in [5.74, 6) is 1.11. The van der Waals surface area contributed by atoms with Crippen LogP contribution >= 0.6 is 11.3 Å².